The van der Waals surface area contributed by atoms with Gasteiger partial charge in [0.2, 0.25) is 0 Å². The predicted octanol–water partition coefficient (Wildman–Crippen LogP) is 2.84. The number of nitrogens with zero attached hydrogens (tertiary/aromatic N) is 3. The molecule has 2 aromatic rings. The largest absolute Gasteiger partial charge is 0.485 e. The third-order valence-electron chi connectivity index (χ3n) is 3.25. The molecule has 0 saturated heterocycles. The Morgan fingerprint density at radius 2 is 2.05 bits per heavy atom. The summed E-state index contributed by atoms with van der Waals surface area (Å²) in [6.45, 7) is 9.54. The van der Waals surface area contributed by atoms with E-state index in [0.717, 1.165) is 29.2 Å². The van der Waals surface area contributed by atoms with E-state index in [1.165, 1.54) is 0 Å². The summed E-state index contributed by atoms with van der Waals surface area (Å²) in [4.78, 5) is 4.28. The highest BCUT2D eigenvalue weighted by atomic mass is 16.5. The SMILES string of the molecule is Cc1ccc([C@@H](C)N)c(OCc2ncnn2CC(C)C)c1. The highest BCUT2D eigenvalue weighted by molar-refractivity contribution is 5.38. The maximum atomic E-state index is 6.00. The number of benzene rings is 1. The average molecular weight is 288 g/mol. The van der Waals surface area contributed by atoms with Crippen molar-refractivity contribution < 1.29 is 4.74 Å². The van der Waals surface area contributed by atoms with E-state index in [4.69, 9.17) is 10.5 Å². The highest BCUT2D eigenvalue weighted by Gasteiger charge is 2.11. The van der Waals surface area contributed by atoms with Gasteiger partial charge in [-0.2, -0.15) is 5.10 Å². The van der Waals surface area contributed by atoms with Gasteiger partial charge >= 0.3 is 0 Å². The molecule has 0 radical (unpaired) electrons. The smallest absolute Gasteiger partial charge is 0.164 e. The molecule has 114 valence electrons. The lowest BCUT2D eigenvalue weighted by atomic mass is 10.1. The summed E-state index contributed by atoms with van der Waals surface area (Å²) in [6.07, 6.45) is 1.57. The van der Waals surface area contributed by atoms with Crippen molar-refractivity contribution in [2.45, 2.75) is 46.9 Å². The van der Waals surface area contributed by atoms with Crippen molar-refractivity contribution >= 4 is 0 Å². The number of hydrogen-bond donors (Lipinski definition) is 1. The average Bonchev–Trinajstić information content (AvgIpc) is 2.82. The van der Waals surface area contributed by atoms with Crippen LogP contribution < -0.4 is 10.5 Å². The summed E-state index contributed by atoms with van der Waals surface area (Å²) < 4.78 is 7.84. The van der Waals surface area contributed by atoms with Gasteiger partial charge in [-0.05, 0) is 31.4 Å². The van der Waals surface area contributed by atoms with Crippen LogP contribution in [0.4, 0.5) is 0 Å². The molecule has 0 unspecified atom stereocenters. The fourth-order valence-electron chi connectivity index (χ4n) is 2.18. The number of ether oxygens (including phenoxy) is 1. The number of rotatable bonds is 6. The summed E-state index contributed by atoms with van der Waals surface area (Å²) in [6, 6.07) is 6.03. The molecule has 2 rings (SSSR count). The maximum Gasteiger partial charge on any atom is 0.164 e. The van der Waals surface area contributed by atoms with Crippen LogP contribution in [0.3, 0.4) is 0 Å². The Morgan fingerprint density at radius 3 is 2.71 bits per heavy atom. The van der Waals surface area contributed by atoms with Gasteiger partial charge in [0.15, 0.2) is 5.82 Å². The number of aryl methyl sites for hydroxylation is 1. The standard InChI is InChI=1S/C16H24N4O/c1-11(2)8-20-16(18-10-19-20)9-21-15-7-12(3)5-6-14(15)13(4)17/h5-7,10-11,13H,8-9,17H2,1-4H3/t13-/m1/s1. The lowest BCUT2D eigenvalue weighted by Crippen LogP contribution is -2.13. The molecule has 0 spiro atoms. The van der Waals surface area contributed by atoms with Gasteiger partial charge in [0.1, 0.15) is 18.7 Å². The van der Waals surface area contributed by atoms with Crippen molar-refractivity contribution in [3.63, 3.8) is 0 Å². The molecule has 0 amide bonds. The molecular formula is C16H24N4O. The molecule has 1 aromatic heterocycles. The van der Waals surface area contributed by atoms with Gasteiger partial charge in [-0.3, -0.25) is 0 Å². The minimum absolute atomic E-state index is 0.0610. The summed E-state index contributed by atoms with van der Waals surface area (Å²) in [5.74, 6) is 2.17. The van der Waals surface area contributed by atoms with Crippen molar-refractivity contribution in [1.82, 2.24) is 14.8 Å². The van der Waals surface area contributed by atoms with Gasteiger partial charge in [0.25, 0.3) is 0 Å². The van der Waals surface area contributed by atoms with Crippen LogP contribution in [0, 0.1) is 12.8 Å². The van der Waals surface area contributed by atoms with E-state index in [2.05, 4.69) is 23.9 Å². The summed E-state index contributed by atoms with van der Waals surface area (Å²) >= 11 is 0. The molecular weight excluding hydrogens is 264 g/mol. The number of aromatic nitrogens is 3. The van der Waals surface area contributed by atoms with Gasteiger partial charge in [0.05, 0.1) is 0 Å². The van der Waals surface area contributed by atoms with Crippen LogP contribution in [-0.2, 0) is 13.2 Å². The van der Waals surface area contributed by atoms with Gasteiger partial charge < -0.3 is 10.5 Å². The zero-order valence-electron chi connectivity index (χ0n) is 13.2. The highest BCUT2D eigenvalue weighted by Crippen LogP contribution is 2.25. The second-order valence-electron chi connectivity index (χ2n) is 5.87. The Morgan fingerprint density at radius 1 is 1.29 bits per heavy atom. The second kappa shape index (κ2) is 6.72. The molecule has 0 saturated carbocycles. The van der Waals surface area contributed by atoms with E-state index in [9.17, 15) is 0 Å². The molecule has 1 atom stereocenters. The monoisotopic (exact) mass is 288 g/mol. The zero-order chi connectivity index (χ0) is 15.4. The van der Waals surface area contributed by atoms with Crippen LogP contribution >= 0.6 is 0 Å². The first-order valence-electron chi connectivity index (χ1n) is 7.33. The lowest BCUT2D eigenvalue weighted by Gasteiger charge is -2.15. The first-order valence-corrected chi connectivity index (χ1v) is 7.33. The van der Waals surface area contributed by atoms with Crippen LogP contribution in [0.5, 0.6) is 5.75 Å². The van der Waals surface area contributed by atoms with Gasteiger partial charge in [-0.25, -0.2) is 9.67 Å². The fourth-order valence-corrected chi connectivity index (χ4v) is 2.18. The van der Waals surface area contributed by atoms with E-state index in [0.29, 0.717) is 12.5 Å². The molecule has 0 aliphatic rings. The number of hydrogen-bond acceptors (Lipinski definition) is 4. The van der Waals surface area contributed by atoms with Crippen molar-refractivity contribution in [3.05, 3.63) is 41.5 Å². The van der Waals surface area contributed by atoms with Crippen LogP contribution in [0.15, 0.2) is 24.5 Å². The van der Waals surface area contributed by atoms with Crippen LogP contribution in [0.1, 0.15) is 43.8 Å². The van der Waals surface area contributed by atoms with E-state index >= 15 is 0 Å². The quantitative estimate of drug-likeness (QED) is 0.887. The van der Waals surface area contributed by atoms with Gasteiger partial charge in [-0.1, -0.05) is 26.0 Å². The molecule has 0 fully saturated rings. The third kappa shape index (κ3) is 4.04. The Labute approximate surface area is 126 Å². The van der Waals surface area contributed by atoms with Gasteiger partial charge in [0, 0.05) is 18.2 Å². The fraction of sp³-hybridized carbons (Fsp3) is 0.500. The summed E-state index contributed by atoms with van der Waals surface area (Å²) in [5.41, 5.74) is 8.16. The Kier molecular flexibility index (Phi) is 4.96. The minimum atomic E-state index is -0.0610. The normalized spacial score (nSPS) is 12.7. The van der Waals surface area contributed by atoms with Crippen LogP contribution in [0.2, 0.25) is 0 Å². The molecule has 0 aliphatic carbocycles. The Hall–Kier alpha value is -1.88. The van der Waals surface area contributed by atoms with E-state index in [1.807, 2.05) is 36.7 Å². The molecule has 0 aliphatic heterocycles. The molecule has 5 heteroatoms. The zero-order valence-corrected chi connectivity index (χ0v) is 13.2. The van der Waals surface area contributed by atoms with Crippen molar-refractivity contribution in [1.29, 1.82) is 0 Å². The van der Waals surface area contributed by atoms with Crippen molar-refractivity contribution in [3.8, 4) is 5.75 Å². The topological polar surface area (TPSA) is 66.0 Å². The molecule has 5 nitrogen and oxygen atoms in total. The summed E-state index contributed by atoms with van der Waals surface area (Å²) in [5, 5.41) is 4.24. The third-order valence-corrected chi connectivity index (χ3v) is 3.25. The molecule has 1 heterocycles. The maximum absolute atomic E-state index is 6.00. The van der Waals surface area contributed by atoms with Crippen LogP contribution in [-0.4, -0.2) is 14.8 Å². The molecule has 1 aromatic carbocycles. The van der Waals surface area contributed by atoms with Crippen molar-refractivity contribution in [2.24, 2.45) is 11.7 Å². The van der Waals surface area contributed by atoms with E-state index in [-0.39, 0.29) is 6.04 Å². The first kappa shape index (κ1) is 15.5. The van der Waals surface area contributed by atoms with Gasteiger partial charge in [-0.15, -0.1) is 0 Å². The van der Waals surface area contributed by atoms with Crippen LogP contribution in [0.25, 0.3) is 0 Å². The minimum Gasteiger partial charge on any atom is -0.485 e. The molecule has 2 N–H and O–H groups in total. The molecule has 0 bridgehead atoms. The summed E-state index contributed by atoms with van der Waals surface area (Å²) in [7, 11) is 0. The second-order valence-corrected chi connectivity index (χ2v) is 5.87. The first-order chi connectivity index (χ1) is 9.97. The lowest BCUT2D eigenvalue weighted by molar-refractivity contribution is 0.278. The number of nitrogens with two attached hydrogens (primary N) is 1. The Balaban J connectivity index is 2.13. The van der Waals surface area contributed by atoms with E-state index in [1.54, 1.807) is 6.33 Å². The van der Waals surface area contributed by atoms with Crippen molar-refractivity contribution in [2.75, 3.05) is 0 Å². The molecule has 21 heavy (non-hydrogen) atoms. The van der Waals surface area contributed by atoms with E-state index < -0.39 is 0 Å². The Bertz CT molecular complexity index is 590. The predicted molar refractivity (Wildman–Crippen MR) is 83.0 cm³/mol.